The molecule has 0 aliphatic heterocycles. The SMILES string of the molecule is c1ccc(-c2cc(-c3ccccc3)cc(N(c3ccc(-c4ccc5ccccc5c4)cc3)c3ccccc3-c3ccccc3-c3ccccc3-c3ccccc3)c2)cc1. The summed E-state index contributed by atoms with van der Waals surface area (Å²) in [6, 6.07) is 90.0. The number of hydrogen-bond acceptors (Lipinski definition) is 1. The van der Waals surface area contributed by atoms with Crippen LogP contribution in [0.5, 0.6) is 0 Å². The van der Waals surface area contributed by atoms with Crippen molar-refractivity contribution in [2.75, 3.05) is 4.90 Å². The molecule has 0 saturated carbocycles. The Morgan fingerprint density at radius 3 is 1.24 bits per heavy atom. The second-order valence-corrected chi connectivity index (χ2v) is 14.9. The Morgan fingerprint density at radius 2 is 0.627 bits per heavy atom. The Balaban J connectivity index is 1.18. The van der Waals surface area contributed by atoms with Crippen LogP contribution in [0.25, 0.3) is 77.5 Å². The van der Waals surface area contributed by atoms with Crippen molar-refractivity contribution < 1.29 is 0 Å². The van der Waals surface area contributed by atoms with Crippen LogP contribution in [0, 0.1) is 0 Å². The Bertz CT molecular complexity index is 2960. The number of para-hydroxylation sites is 1. The minimum atomic E-state index is 1.08. The molecular weight excluding hydrogens is 711 g/mol. The van der Waals surface area contributed by atoms with Crippen LogP contribution >= 0.6 is 0 Å². The molecule has 0 radical (unpaired) electrons. The molecule has 0 unspecified atom stereocenters. The third kappa shape index (κ3) is 7.23. The van der Waals surface area contributed by atoms with E-state index >= 15 is 0 Å². The number of rotatable bonds is 9. The van der Waals surface area contributed by atoms with Crippen LogP contribution in [-0.4, -0.2) is 0 Å². The van der Waals surface area contributed by atoms with Crippen molar-refractivity contribution in [2.24, 2.45) is 0 Å². The fourth-order valence-electron chi connectivity index (χ4n) is 8.37. The van der Waals surface area contributed by atoms with Crippen molar-refractivity contribution in [3.05, 3.63) is 249 Å². The lowest BCUT2D eigenvalue weighted by atomic mass is 9.88. The predicted octanol–water partition coefficient (Wildman–Crippen LogP) is 16.3. The molecule has 0 aliphatic rings. The maximum absolute atomic E-state index is 2.44. The molecule has 1 nitrogen and oxygen atoms in total. The molecule has 278 valence electrons. The largest absolute Gasteiger partial charge is 0.310 e. The topological polar surface area (TPSA) is 3.24 Å². The molecule has 0 fully saturated rings. The van der Waals surface area contributed by atoms with Crippen LogP contribution in [0.15, 0.2) is 249 Å². The number of fused-ring (bicyclic) bond motifs is 1. The molecule has 0 N–H and O–H groups in total. The molecule has 0 aliphatic carbocycles. The molecule has 0 aromatic heterocycles. The quantitative estimate of drug-likeness (QED) is 0.142. The maximum atomic E-state index is 2.44. The number of nitrogens with zero attached hydrogens (tertiary/aromatic N) is 1. The molecule has 0 amide bonds. The van der Waals surface area contributed by atoms with Crippen LogP contribution in [0.2, 0.25) is 0 Å². The highest BCUT2D eigenvalue weighted by Crippen LogP contribution is 2.47. The van der Waals surface area contributed by atoms with E-state index in [9.17, 15) is 0 Å². The zero-order valence-corrected chi connectivity index (χ0v) is 32.6. The molecule has 10 rings (SSSR count). The molecule has 0 atom stereocenters. The summed E-state index contributed by atoms with van der Waals surface area (Å²) in [5, 5.41) is 2.48. The van der Waals surface area contributed by atoms with Gasteiger partial charge >= 0.3 is 0 Å². The van der Waals surface area contributed by atoms with Gasteiger partial charge in [0, 0.05) is 16.9 Å². The first kappa shape index (κ1) is 35.7. The van der Waals surface area contributed by atoms with E-state index in [4.69, 9.17) is 0 Å². The molecule has 0 heterocycles. The summed E-state index contributed by atoms with van der Waals surface area (Å²) in [4.78, 5) is 2.44. The Hall–Kier alpha value is -7.74. The van der Waals surface area contributed by atoms with Crippen LogP contribution in [-0.2, 0) is 0 Å². The van der Waals surface area contributed by atoms with E-state index < -0.39 is 0 Å². The lowest BCUT2D eigenvalue weighted by molar-refractivity contribution is 1.28. The van der Waals surface area contributed by atoms with Crippen LogP contribution in [0.4, 0.5) is 17.1 Å². The monoisotopic (exact) mass is 751 g/mol. The first-order valence-corrected chi connectivity index (χ1v) is 20.3. The van der Waals surface area contributed by atoms with Crippen molar-refractivity contribution in [1.29, 1.82) is 0 Å². The molecule has 0 saturated heterocycles. The Labute approximate surface area is 346 Å². The minimum Gasteiger partial charge on any atom is -0.310 e. The first-order chi connectivity index (χ1) is 29.3. The van der Waals surface area contributed by atoms with Gasteiger partial charge in [-0.3, -0.25) is 0 Å². The van der Waals surface area contributed by atoms with Crippen molar-refractivity contribution in [2.45, 2.75) is 0 Å². The van der Waals surface area contributed by atoms with E-state index in [1.165, 1.54) is 60.8 Å². The highest BCUT2D eigenvalue weighted by molar-refractivity contribution is 5.98. The number of anilines is 3. The molecular formula is C58H41N. The molecule has 0 bridgehead atoms. The fourth-order valence-corrected chi connectivity index (χ4v) is 8.37. The Kier molecular flexibility index (Phi) is 9.68. The summed E-state index contributed by atoms with van der Waals surface area (Å²) < 4.78 is 0. The van der Waals surface area contributed by atoms with E-state index in [1.54, 1.807) is 0 Å². The molecule has 10 aromatic carbocycles. The van der Waals surface area contributed by atoms with Gasteiger partial charge in [-0.2, -0.15) is 0 Å². The van der Waals surface area contributed by atoms with Crippen LogP contribution in [0.3, 0.4) is 0 Å². The third-order valence-electron chi connectivity index (χ3n) is 11.3. The highest BCUT2D eigenvalue weighted by atomic mass is 15.1. The summed E-state index contributed by atoms with van der Waals surface area (Å²) >= 11 is 0. The van der Waals surface area contributed by atoms with Gasteiger partial charge in [-0.05, 0) is 114 Å². The highest BCUT2D eigenvalue weighted by Gasteiger charge is 2.21. The van der Waals surface area contributed by atoms with E-state index in [1.807, 2.05) is 0 Å². The third-order valence-corrected chi connectivity index (χ3v) is 11.3. The van der Waals surface area contributed by atoms with Gasteiger partial charge in [-0.1, -0.05) is 206 Å². The summed E-state index contributed by atoms with van der Waals surface area (Å²) in [5.41, 5.74) is 17.4. The van der Waals surface area contributed by atoms with E-state index in [-0.39, 0.29) is 0 Å². The summed E-state index contributed by atoms with van der Waals surface area (Å²) in [7, 11) is 0. The fraction of sp³-hybridized carbons (Fsp3) is 0. The lowest BCUT2D eigenvalue weighted by Crippen LogP contribution is -2.12. The van der Waals surface area contributed by atoms with E-state index in [2.05, 4.69) is 254 Å². The smallest absolute Gasteiger partial charge is 0.0540 e. The zero-order chi connectivity index (χ0) is 39.4. The van der Waals surface area contributed by atoms with Crippen molar-refractivity contribution in [3.63, 3.8) is 0 Å². The van der Waals surface area contributed by atoms with Crippen molar-refractivity contribution in [3.8, 4) is 66.8 Å². The van der Waals surface area contributed by atoms with Gasteiger partial charge in [0.05, 0.1) is 5.69 Å². The number of benzene rings is 10. The van der Waals surface area contributed by atoms with Crippen molar-refractivity contribution >= 4 is 27.8 Å². The maximum Gasteiger partial charge on any atom is 0.0540 e. The van der Waals surface area contributed by atoms with Gasteiger partial charge in [0.1, 0.15) is 0 Å². The average molecular weight is 752 g/mol. The number of hydrogen-bond donors (Lipinski definition) is 0. The second-order valence-electron chi connectivity index (χ2n) is 14.9. The van der Waals surface area contributed by atoms with E-state index in [0.717, 1.165) is 33.8 Å². The standard InChI is InChI=1S/C58H41N/c1-4-18-42(19-5-1)49-39-50(43-20-6-2-7-21-43)41-52(40-49)59(51-36-34-45(35-37-51)48-33-32-44-22-10-11-25-47(44)38-48)58-31-17-16-30-57(58)56-29-15-14-28-55(56)54-27-13-12-26-53(54)46-23-8-3-9-24-46/h1-41H. The molecule has 1 heteroatoms. The average Bonchev–Trinajstić information content (AvgIpc) is 3.32. The molecule has 59 heavy (non-hydrogen) atoms. The van der Waals surface area contributed by atoms with Crippen molar-refractivity contribution in [1.82, 2.24) is 0 Å². The van der Waals surface area contributed by atoms with Gasteiger partial charge in [-0.25, -0.2) is 0 Å². The van der Waals surface area contributed by atoms with Crippen LogP contribution in [0.1, 0.15) is 0 Å². The zero-order valence-electron chi connectivity index (χ0n) is 32.6. The van der Waals surface area contributed by atoms with Crippen LogP contribution < -0.4 is 4.90 Å². The van der Waals surface area contributed by atoms with E-state index in [0.29, 0.717) is 0 Å². The van der Waals surface area contributed by atoms with Gasteiger partial charge in [-0.15, -0.1) is 0 Å². The minimum absolute atomic E-state index is 1.08. The Morgan fingerprint density at radius 1 is 0.203 bits per heavy atom. The lowest BCUT2D eigenvalue weighted by Gasteiger charge is -2.29. The van der Waals surface area contributed by atoms with Gasteiger partial charge < -0.3 is 4.90 Å². The predicted molar refractivity (Wildman–Crippen MR) is 251 cm³/mol. The van der Waals surface area contributed by atoms with Gasteiger partial charge in [0.2, 0.25) is 0 Å². The second kappa shape index (κ2) is 16.0. The summed E-state index contributed by atoms with van der Waals surface area (Å²) in [6.07, 6.45) is 0. The normalized spacial score (nSPS) is 11.1. The molecule has 0 spiro atoms. The van der Waals surface area contributed by atoms with Gasteiger partial charge in [0.25, 0.3) is 0 Å². The summed E-state index contributed by atoms with van der Waals surface area (Å²) in [5.74, 6) is 0. The molecule has 10 aromatic rings. The first-order valence-electron chi connectivity index (χ1n) is 20.3. The van der Waals surface area contributed by atoms with Gasteiger partial charge in [0.15, 0.2) is 0 Å². The summed E-state index contributed by atoms with van der Waals surface area (Å²) in [6.45, 7) is 0.